The number of carbonyl (C=O) groups is 1. The van der Waals surface area contributed by atoms with E-state index in [1.54, 1.807) is 19.4 Å². The summed E-state index contributed by atoms with van der Waals surface area (Å²) in [6, 6.07) is 20.9. The Hall–Kier alpha value is -3.44. The normalized spacial score (nSPS) is 10.8. The highest BCUT2D eigenvalue weighted by Crippen LogP contribution is 2.15. The van der Waals surface area contributed by atoms with E-state index in [2.05, 4.69) is 10.3 Å². The Labute approximate surface area is 164 Å². The monoisotopic (exact) mass is 374 g/mol. The lowest BCUT2D eigenvalue weighted by molar-refractivity contribution is -0.111. The van der Waals surface area contributed by atoms with Gasteiger partial charge in [-0.1, -0.05) is 30.3 Å². The molecule has 0 bridgehead atoms. The minimum absolute atomic E-state index is 0.207. The summed E-state index contributed by atoms with van der Waals surface area (Å²) < 4.78 is 10.9. The van der Waals surface area contributed by atoms with E-state index in [4.69, 9.17) is 9.47 Å². The molecule has 1 amide bonds. The van der Waals surface area contributed by atoms with Crippen LogP contribution in [0.3, 0.4) is 0 Å². The molecule has 0 unspecified atom stereocenters. The fraction of sp³-hybridized carbons (Fsp3) is 0.130. The quantitative estimate of drug-likeness (QED) is 0.592. The Bertz CT molecular complexity index is 922. The Kier molecular flexibility index (Phi) is 6.93. The van der Waals surface area contributed by atoms with Crippen LogP contribution in [0.4, 0.5) is 5.69 Å². The minimum Gasteiger partial charge on any atom is -0.497 e. The summed E-state index contributed by atoms with van der Waals surface area (Å²) in [4.78, 5) is 16.2. The summed E-state index contributed by atoms with van der Waals surface area (Å²) >= 11 is 0. The number of benzene rings is 2. The van der Waals surface area contributed by atoms with E-state index in [9.17, 15) is 4.79 Å². The second-order valence-electron chi connectivity index (χ2n) is 6.12. The van der Waals surface area contributed by atoms with E-state index in [1.807, 2.05) is 66.7 Å². The number of nitrogens with zero attached hydrogens (tertiary/aromatic N) is 1. The lowest BCUT2D eigenvalue weighted by Gasteiger charge is -2.08. The number of aromatic nitrogens is 1. The molecule has 0 fully saturated rings. The van der Waals surface area contributed by atoms with Crippen LogP contribution in [0, 0.1) is 0 Å². The summed E-state index contributed by atoms with van der Waals surface area (Å²) in [5, 5.41) is 2.85. The molecule has 1 heterocycles. The van der Waals surface area contributed by atoms with E-state index >= 15 is 0 Å². The zero-order valence-electron chi connectivity index (χ0n) is 15.7. The summed E-state index contributed by atoms with van der Waals surface area (Å²) in [6.45, 7) is 0.965. The molecule has 3 rings (SSSR count). The van der Waals surface area contributed by atoms with Crippen molar-refractivity contribution in [2.75, 3.05) is 12.4 Å². The molecule has 0 spiro atoms. The average Bonchev–Trinajstić information content (AvgIpc) is 2.74. The number of methoxy groups -OCH3 is 1. The van der Waals surface area contributed by atoms with Crippen LogP contribution >= 0.6 is 0 Å². The van der Waals surface area contributed by atoms with E-state index in [1.165, 1.54) is 6.08 Å². The fourth-order valence-corrected chi connectivity index (χ4v) is 2.57. The molecule has 0 aliphatic carbocycles. The Morgan fingerprint density at radius 1 is 1.00 bits per heavy atom. The molecule has 0 saturated carbocycles. The van der Waals surface area contributed by atoms with Crippen LogP contribution in [-0.4, -0.2) is 18.0 Å². The van der Waals surface area contributed by atoms with Crippen LogP contribution in [0.2, 0.25) is 0 Å². The van der Waals surface area contributed by atoms with Gasteiger partial charge in [0.05, 0.1) is 26.0 Å². The maximum absolute atomic E-state index is 12.1. The van der Waals surface area contributed by atoms with Crippen LogP contribution in [0.15, 0.2) is 79.0 Å². The van der Waals surface area contributed by atoms with Gasteiger partial charge >= 0.3 is 0 Å². The molecule has 3 aromatic rings. The van der Waals surface area contributed by atoms with Crippen molar-refractivity contribution in [2.45, 2.75) is 13.2 Å². The van der Waals surface area contributed by atoms with E-state index in [0.29, 0.717) is 13.2 Å². The highest BCUT2D eigenvalue weighted by Gasteiger charge is 2.01. The van der Waals surface area contributed by atoms with Gasteiger partial charge in [-0.2, -0.15) is 0 Å². The number of amides is 1. The van der Waals surface area contributed by atoms with Gasteiger partial charge in [-0.3, -0.25) is 9.78 Å². The fourth-order valence-electron chi connectivity index (χ4n) is 2.57. The van der Waals surface area contributed by atoms with E-state index in [0.717, 1.165) is 28.3 Å². The molecular formula is C23H22N2O3. The summed E-state index contributed by atoms with van der Waals surface area (Å²) in [6.07, 6.45) is 4.83. The molecular weight excluding hydrogens is 352 g/mol. The molecule has 5 heteroatoms. The van der Waals surface area contributed by atoms with Crippen molar-refractivity contribution < 1.29 is 14.3 Å². The third kappa shape index (κ3) is 6.07. The van der Waals surface area contributed by atoms with Gasteiger partial charge in [0.25, 0.3) is 0 Å². The number of carbonyl (C=O) groups excluding carboxylic acids is 1. The van der Waals surface area contributed by atoms with Crippen molar-refractivity contribution >= 4 is 17.7 Å². The molecule has 0 radical (unpaired) electrons. The third-order valence-corrected chi connectivity index (χ3v) is 3.98. The van der Waals surface area contributed by atoms with Gasteiger partial charge < -0.3 is 14.8 Å². The van der Waals surface area contributed by atoms with Crippen LogP contribution in [0.1, 0.15) is 16.8 Å². The maximum Gasteiger partial charge on any atom is 0.248 e. The lowest BCUT2D eigenvalue weighted by atomic mass is 10.2. The van der Waals surface area contributed by atoms with Gasteiger partial charge in [-0.05, 0) is 53.6 Å². The standard InChI is InChI=1S/C23H22N2O3/c1-27-22-11-8-18(9-12-22)16-28-17-19-5-4-7-21(15-19)25-23(26)13-10-20-6-2-3-14-24-20/h2-15H,16-17H2,1H3,(H,25,26)/b13-10+. The number of anilines is 1. The lowest BCUT2D eigenvalue weighted by Crippen LogP contribution is -2.08. The molecule has 0 saturated heterocycles. The molecule has 0 aliphatic heterocycles. The van der Waals surface area contributed by atoms with Crippen molar-refractivity contribution in [1.82, 2.24) is 4.98 Å². The van der Waals surface area contributed by atoms with Crippen molar-refractivity contribution in [3.05, 3.63) is 95.8 Å². The van der Waals surface area contributed by atoms with Crippen molar-refractivity contribution in [1.29, 1.82) is 0 Å². The van der Waals surface area contributed by atoms with Gasteiger partial charge in [0.1, 0.15) is 5.75 Å². The molecule has 0 atom stereocenters. The van der Waals surface area contributed by atoms with Crippen molar-refractivity contribution in [2.24, 2.45) is 0 Å². The molecule has 142 valence electrons. The largest absolute Gasteiger partial charge is 0.497 e. The van der Waals surface area contributed by atoms with E-state index < -0.39 is 0 Å². The Balaban J connectivity index is 1.50. The predicted molar refractivity (Wildman–Crippen MR) is 110 cm³/mol. The Morgan fingerprint density at radius 2 is 1.82 bits per heavy atom. The van der Waals surface area contributed by atoms with Gasteiger partial charge in [0.15, 0.2) is 0 Å². The van der Waals surface area contributed by atoms with Crippen LogP contribution in [-0.2, 0) is 22.7 Å². The first-order chi connectivity index (χ1) is 13.7. The Morgan fingerprint density at radius 3 is 2.57 bits per heavy atom. The highest BCUT2D eigenvalue weighted by molar-refractivity contribution is 6.01. The summed E-state index contributed by atoms with van der Waals surface area (Å²) in [5.41, 5.74) is 3.52. The first-order valence-electron chi connectivity index (χ1n) is 8.92. The second kappa shape index (κ2) is 10.0. The van der Waals surface area contributed by atoms with Gasteiger partial charge in [0, 0.05) is 18.0 Å². The zero-order chi connectivity index (χ0) is 19.6. The SMILES string of the molecule is COc1ccc(COCc2cccc(NC(=O)/C=C/c3ccccn3)c2)cc1. The first-order valence-corrected chi connectivity index (χ1v) is 8.92. The van der Waals surface area contributed by atoms with Crippen LogP contribution < -0.4 is 10.1 Å². The first kappa shape index (κ1) is 19.3. The summed E-state index contributed by atoms with van der Waals surface area (Å²) in [7, 11) is 1.64. The van der Waals surface area contributed by atoms with Crippen molar-refractivity contribution in [3.63, 3.8) is 0 Å². The number of hydrogen-bond donors (Lipinski definition) is 1. The number of pyridine rings is 1. The maximum atomic E-state index is 12.1. The smallest absolute Gasteiger partial charge is 0.248 e. The molecule has 2 aromatic carbocycles. The van der Waals surface area contributed by atoms with E-state index in [-0.39, 0.29) is 5.91 Å². The number of ether oxygens (including phenoxy) is 2. The van der Waals surface area contributed by atoms with Gasteiger partial charge in [-0.15, -0.1) is 0 Å². The second-order valence-corrected chi connectivity index (χ2v) is 6.12. The van der Waals surface area contributed by atoms with Crippen molar-refractivity contribution in [3.8, 4) is 5.75 Å². The van der Waals surface area contributed by atoms with Gasteiger partial charge in [-0.25, -0.2) is 0 Å². The molecule has 5 nitrogen and oxygen atoms in total. The number of nitrogens with one attached hydrogen (secondary N) is 1. The molecule has 0 aliphatic rings. The number of hydrogen-bond acceptors (Lipinski definition) is 4. The topological polar surface area (TPSA) is 60.5 Å². The third-order valence-electron chi connectivity index (χ3n) is 3.98. The highest BCUT2D eigenvalue weighted by atomic mass is 16.5. The minimum atomic E-state index is -0.207. The van der Waals surface area contributed by atoms with Gasteiger partial charge in [0.2, 0.25) is 5.91 Å². The predicted octanol–water partition coefficient (Wildman–Crippen LogP) is 4.46. The number of rotatable bonds is 8. The van der Waals surface area contributed by atoms with Crippen LogP contribution in [0.25, 0.3) is 6.08 Å². The summed E-state index contributed by atoms with van der Waals surface area (Å²) in [5.74, 6) is 0.617. The average molecular weight is 374 g/mol. The molecule has 1 N–H and O–H groups in total. The zero-order valence-corrected chi connectivity index (χ0v) is 15.7. The molecule has 1 aromatic heterocycles. The van der Waals surface area contributed by atoms with Crippen LogP contribution in [0.5, 0.6) is 5.75 Å². The molecule has 28 heavy (non-hydrogen) atoms.